The molecule has 2 rings (SSSR count). The number of quaternary nitrogens is 1. The Labute approximate surface area is 162 Å². The van der Waals surface area contributed by atoms with Gasteiger partial charge < -0.3 is 19.7 Å². The van der Waals surface area contributed by atoms with Gasteiger partial charge in [0, 0.05) is 11.3 Å². The van der Waals surface area contributed by atoms with Gasteiger partial charge in [0.2, 0.25) is 0 Å². The van der Waals surface area contributed by atoms with Crippen LogP contribution in [0.1, 0.15) is 16.7 Å². The minimum Gasteiger partial charge on any atom is -0.493 e. The maximum absolute atomic E-state index is 12.8. The molecule has 0 heterocycles. The Balaban J connectivity index is 2.02. The van der Waals surface area contributed by atoms with Crippen LogP contribution in [0.2, 0.25) is 0 Å². The van der Waals surface area contributed by atoms with Crippen LogP contribution in [0, 0.1) is 6.92 Å². The zero-order valence-electron chi connectivity index (χ0n) is 16.2. The first-order chi connectivity index (χ1) is 13.1. The van der Waals surface area contributed by atoms with Crippen LogP contribution >= 0.6 is 0 Å². The van der Waals surface area contributed by atoms with Gasteiger partial charge in [-0.25, -0.2) is 0 Å². The van der Waals surface area contributed by atoms with Crippen molar-refractivity contribution in [3.63, 3.8) is 0 Å². The van der Waals surface area contributed by atoms with E-state index in [9.17, 15) is 18.0 Å². The van der Waals surface area contributed by atoms with E-state index in [0.717, 1.165) is 28.2 Å². The lowest BCUT2D eigenvalue weighted by molar-refractivity contribution is -0.885. The third-order valence-electron chi connectivity index (χ3n) is 4.27. The number of anilines is 1. The average Bonchev–Trinajstić information content (AvgIpc) is 2.62. The van der Waals surface area contributed by atoms with E-state index in [0.29, 0.717) is 18.0 Å². The van der Waals surface area contributed by atoms with Crippen molar-refractivity contribution in [1.29, 1.82) is 0 Å². The number of aryl methyl sites for hydroxylation is 1. The molecule has 0 fully saturated rings. The zero-order chi connectivity index (χ0) is 20.9. The molecule has 1 atom stereocenters. The van der Waals surface area contributed by atoms with Crippen LogP contribution in [0.15, 0.2) is 36.4 Å². The van der Waals surface area contributed by atoms with Gasteiger partial charge in [-0.2, -0.15) is 13.2 Å². The molecule has 2 N–H and O–H groups in total. The number of hydrogen-bond donors (Lipinski definition) is 2. The van der Waals surface area contributed by atoms with E-state index in [-0.39, 0.29) is 18.1 Å². The summed E-state index contributed by atoms with van der Waals surface area (Å²) < 4.78 is 48.9. The SMILES string of the molecule is COc1cc(C)c(C[NH+](C)CC(=O)Nc2cccc(C(F)(F)F)c2)cc1OC. The number of hydrogen-bond acceptors (Lipinski definition) is 3. The van der Waals surface area contributed by atoms with E-state index in [2.05, 4.69) is 5.32 Å². The maximum Gasteiger partial charge on any atom is 0.416 e. The third-order valence-corrected chi connectivity index (χ3v) is 4.27. The fraction of sp³-hybridized carbons (Fsp3) is 0.350. The van der Waals surface area contributed by atoms with Crippen molar-refractivity contribution in [3.05, 3.63) is 53.1 Å². The lowest BCUT2D eigenvalue weighted by Crippen LogP contribution is -3.08. The second-order valence-corrected chi connectivity index (χ2v) is 6.57. The minimum atomic E-state index is -4.45. The van der Waals surface area contributed by atoms with E-state index in [1.54, 1.807) is 14.2 Å². The van der Waals surface area contributed by atoms with Gasteiger partial charge in [0.25, 0.3) is 5.91 Å². The highest BCUT2D eigenvalue weighted by molar-refractivity contribution is 5.91. The van der Waals surface area contributed by atoms with Crippen molar-refractivity contribution in [2.75, 3.05) is 33.1 Å². The van der Waals surface area contributed by atoms with Gasteiger partial charge in [0.05, 0.1) is 26.8 Å². The highest BCUT2D eigenvalue weighted by Gasteiger charge is 2.30. The molecule has 1 amide bonds. The molecule has 152 valence electrons. The summed E-state index contributed by atoms with van der Waals surface area (Å²) in [7, 11) is 4.95. The van der Waals surface area contributed by atoms with Gasteiger partial charge >= 0.3 is 6.18 Å². The van der Waals surface area contributed by atoms with Crippen LogP contribution in [0.4, 0.5) is 18.9 Å². The number of benzene rings is 2. The normalized spacial score (nSPS) is 12.4. The summed E-state index contributed by atoms with van der Waals surface area (Å²) in [6.45, 7) is 2.58. The molecule has 0 aliphatic carbocycles. The second-order valence-electron chi connectivity index (χ2n) is 6.57. The lowest BCUT2D eigenvalue weighted by Gasteiger charge is -2.17. The van der Waals surface area contributed by atoms with Gasteiger partial charge in [-0.3, -0.25) is 4.79 Å². The fourth-order valence-electron chi connectivity index (χ4n) is 2.85. The van der Waals surface area contributed by atoms with Crippen LogP contribution < -0.4 is 19.7 Å². The van der Waals surface area contributed by atoms with Crippen molar-refractivity contribution in [2.24, 2.45) is 0 Å². The number of carbonyl (C=O) groups is 1. The van der Waals surface area contributed by atoms with Crippen molar-refractivity contribution in [1.82, 2.24) is 0 Å². The Kier molecular flexibility index (Phi) is 6.90. The Hall–Kier alpha value is -2.74. The van der Waals surface area contributed by atoms with Crippen LogP contribution in [0.5, 0.6) is 11.5 Å². The topological polar surface area (TPSA) is 52.0 Å². The van der Waals surface area contributed by atoms with Crippen LogP contribution in [-0.4, -0.2) is 33.7 Å². The lowest BCUT2D eigenvalue weighted by atomic mass is 10.1. The highest BCUT2D eigenvalue weighted by Crippen LogP contribution is 2.31. The van der Waals surface area contributed by atoms with E-state index in [1.165, 1.54) is 12.1 Å². The average molecular weight is 397 g/mol. The first-order valence-electron chi connectivity index (χ1n) is 8.64. The van der Waals surface area contributed by atoms with Crippen molar-refractivity contribution < 1.29 is 32.3 Å². The molecule has 5 nitrogen and oxygen atoms in total. The third kappa shape index (κ3) is 5.63. The molecule has 0 aliphatic heterocycles. The molecule has 8 heteroatoms. The van der Waals surface area contributed by atoms with Crippen LogP contribution in [0.25, 0.3) is 0 Å². The number of halogens is 3. The zero-order valence-corrected chi connectivity index (χ0v) is 16.2. The summed E-state index contributed by atoms with van der Waals surface area (Å²) in [5, 5.41) is 2.52. The highest BCUT2D eigenvalue weighted by atomic mass is 19.4. The van der Waals surface area contributed by atoms with Gasteiger partial charge in [0.1, 0.15) is 6.54 Å². The first-order valence-corrected chi connectivity index (χ1v) is 8.64. The van der Waals surface area contributed by atoms with E-state index in [1.807, 2.05) is 26.1 Å². The van der Waals surface area contributed by atoms with Crippen molar-refractivity contribution >= 4 is 11.6 Å². The number of rotatable bonds is 7. The van der Waals surface area contributed by atoms with E-state index in [4.69, 9.17) is 9.47 Å². The fourth-order valence-corrected chi connectivity index (χ4v) is 2.85. The van der Waals surface area contributed by atoms with Crippen LogP contribution in [0.3, 0.4) is 0 Å². The minimum absolute atomic E-state index is 0.101. The molecule has 0 aliphatic rings. The smallest absolute Gasteiger partial charge is 0.416 e. The Morgan fingerprint density at radius 3 is 2.36 bits per heavy atom. The number of amides is 1. The molecule has 0 spiro atoms. The standard InChI is InChI=1S/C20H23F3N2O3/c1-13-8-17(27-3)18(28-4)9-14(13)11-25(2)12-19(26)24-16-7-5-6-15(10-16)20(21,22)23/h5-10H,11-12H2,1-4H3,(H,24,26)/p+1. The molecule has 0 saturated heterocycles. The summed E-state index contributed by atoms with van der Waals surface area (Å²) in [6, 6.07) is 8.31. The number of carbonyl (C=O) groups excluding carboxylic acids is 1. The predicted molar refractivity (Wildman–Crippen MR) is 99.8 cm³/mol. The van der Waals surface area contributed by atoms with Gasteiger partial charge in [-0.15, -0.1) is 0 Å². The largest absolute Gasteiger partial charge is 0.493 e. The predicted octanol–water partition coefficient (Wildman–Crippen LogP) is 2.68. The summed E-state index contributed by atoms with van der Waals surface area (Å²) >= 11 is 0. The summed E-state index contributed by atoms with van der Waals surface area (Å²) in [5.41, 5.74) is 1.30. The molecule has 1 unspecified atom stereocenters. The number of alkyl halides is 3. The molecule has 0 aromatic heterocycles. The van der Waals surface area contributed by atoms with Gasteiger partial charge in [0.15, 0.2) is 18.0 Å². The van der Waals surface area contributed by atoms with Gasteiger partial charge in [-0.1, -0.05) is 6.07 Å². The van der Waals surface area contributed by atoms with Crippen molar-refractivity contribution in [3.8, 4) is 11.5 Å². The van der Waals surface area contributed by atoms with Crippen LogP contribution in [-0.2, 0) is 17.5 Å². The van der Waals surface area contributed by atoms with E-state index < -0.39 is 11.7 Å². The van der Waals surface area contributed by atoms with Crippen molar-refractivity contribution in [2.45, 2.75) is 19.6 Å². The monoisotopic (exact) mass is 397 g/mol. The molecule has 2 aromatic rings. The summed E-state index contributed by atoms with van der Waals surface area (Å²) in [6.07, 6.45) is -4.45. The maximum atomic E-state index is 12.8. The number of methoxy groups -OCH3 is 2. The van der Waals surface area contributed by atoms with Gasteiger partial charge in [-0.05, 0) is 42.8 Å². The van der Waals surface area contributed by atoms with E-state index >= 15 is 0 Å². The Morgan fingerprint density at radius 2 is 1.75 bits per heavy atom. The Morgan fingerprint density at radius 1 is 1.11 bits per heavy atom. The molecule has 0 radical (unpaired) electrons. The molecule has 28 heavy (non-hydrogen) atoms. The summed E-state index contributed by atoms with van der Waals surface area (Å²) in [5.74, 6) is 0.864. The molecule has 0 saturated carbocycles. The molecule has 0 bridgehead atoms. The molecular weight excluding hydrogens is 373 g/mol. The Bertz CT molecular complexity index is 838. The second kappa shape index (κ2) is 8.97. The number of ether oxygens (including phenoxy) is 2. The molecule has 2 aromatic carbocycles. The summed E-state index contributed by atoms with van der Waals surface area (Å²) in [4.78, 5) is 13.1. The number of likely N-dealkylation sites (N-methyl/N-ethyl adjacent to an activating group) is 1. The number of nitrogens with one attached hydrogen (secondary N) is 2. The quantitative estimate of drug-likeness (QED) is 0.756. The first kappa shape index (κ1) is 21.6. The molecular formula is C20H24F3N2O3+.